The van der Waals surface area contributed by atoms with Crippen LogP contribution in [-0.4, -0.2) is 43.1 Å². The minimum absolute atomic E-state index is 0.678. The van der Waals surface area contributed by atoms with Gasteiger partial charge in [-0.2, -0.15) is 0 Å². The molecule has 2 rings (SSSR count). The van der Waals surface area contributed by atoms with Crippen LogP contribution in [0.2, 0.25) is 0 Å². The predicted molar refractivity (Wildman–Crippen MR) is 66.0 cm³/mol. The van der Waals surface area contributed by atoms with Crippen LogP contribution in [0.1, 0.15) is 0 Å². The highest BCUT2D eigenvalue weighted by atomic mass is 15.2. The van der Waals surface area contributed by atoms with Crippen LogP contribution in [-0.2, 0) is 0 Å². The van der Waals surface area contributed by atoms with Gasteiger partial charge < -0.3 is 9.80 Å². The third kappa shape index (κ3) is 1.76. The fraction of sp³-hybridized carbons (Fsp3) is 0.364. The second-order valence-electron chi connectivity index (χ2n) is 4.01. The second kappa shape index (κ2) is 3.92. The van der Waals surface area contributed by atoms with Gasteiger partial charge in [-0.3, -0.25) is 0 Å². The Morgan fingerprint density at radius 2 is 1.56 bits per heavy atom. The number of hydrogen-bond donors (Lipinski definition) is 0. The molecular formula is C11H15N5. The fourth-order valence-corrected chi connectivity index (χ4v) is 1.48. The van der Waals surface area contributed by atoms with Gasteiger partial charge in [-0.15, -0.1) is 0 Å². The third-order valence-electron chi connectivity index (χ3n) is 2.25. The zero-order valence-electron chi connectivity index (χ0n) is 9.97. The van der Waals surface area contributed by atoms with Gasteiger partial charge in [0.1, 0.15) is 5.52 Å². The monoisotopic (exact) mass is 217 g/mol. The molecule has 0 unspecified atom stereocenters. The molecule has 2 aromatic rings. The summed E-state index contributed by atoms with van der Waals surface area (Å²) in [5.74, 6) is 1.68. The Balaban J connectivity index is 2.71. The Morgan fingerprint density at radius 1 is 0.938 bits per heavy atom. The van der Waals surface area contributed by atoms with E-state index in [1.54, 1.807) is 6.20 Å². The summed E-state index contributed by atoms with van der Waals surface area (Å²) in [5, 5.41) is 0. The molecule has 0 atom stereocenters. The van der Waals surface area contributed by atoms with Gasteiger partial charge in [0, 0.05) is 34.4 Å². The quantitative estimate of drug-likeness (QED) is 0.755. The molecule has 84 valence electrons. The van der Waals surface area contributed by atoms with Crippen LogP contribution >= 0.6 is 0 Å². The molecule has 0 fully saturated rings. The zero-order valence-corrected chi connectivity index (χ0v) is 9.97. The van der Waals surface area contributed by atoms with Crippen molar-refractivity contribution in [3.63, 3.8) is 0 Å². The van der Waals surface area contributed by atoms with E-state index in [1.165, 1.54) is 0 Å². The lowest BCUT2D eigenvalue weighted by Gasteiger charge is -2.20. The van der Waals surface area contributed by atoms with Crippen molar-refractivity contribution in [2.45, 2.75) is 0 Å². The van der Waals surface area contributed by atoms with Crippen LogP contribution in [0.15, 0.2) is 18.3 Å². The average molecular weight is 217 g/mol. The molecule has 5 heteroatoms. The van der Waals surface area contributed by atoms with Crippen molar-refractivity contribution in [3.8, 4) is 0 Å². The number of pyridine rings is 1. The van der Waals surface area contributed by atoms with Crippen LogP contribution in [0.5, 0.6) is 0 Å². The molecular weight excluding hydrogens is 202 g/mol. The normalized spacial score (nSPS) is 10.5. The Labute approximate surface area is 94.8 Å². The van der Waals surface area contributed by atoms with E-state index in [1.807, 2.05) is 50.1 Å². The van der Waals surface area contributed by atoms with E-state index in [4.69, 9.17) is 0 Å². The molecule has 0 bridgehead atoms. The Hall–Kier alpha value is -1.91. The van der Waals surface area contributed by atoms with Crippen molar-refractivity contribution >= 4 is 22.8 Å². The lowest BCUT2D eigenvalue weighted by molar-refractivity contribution is 1.00. The summed E-state index contributed by atoms with van der Waals surface area (Å²) in [6.45, 7) is 0. The largest absolute Gasteiger partial charge is 0.360 e. The lowest BCUT2D eigenvalue weighted by atomic mass is 10.4. The van der Waals surface area contributed by atoms with E-state index in [0.29, 0.717) is 5.65 Å². The first-order chi connectivity index (χ1) is 7.59. The van der Waals surface area contributed by atoms with Crippen molar-refractivity contribution in [2.24, 2.45) is 0 Å². The van der Waals surface area contributed by atoms with Crippen LogP contribution in [0, 0.1) is 0 Å². The number of hydrogen-bond acceptors (Lipinski definition) is 5. The van der Waals surface area contributed by atoms with Crippen molar-refractivity contribution in [3.05, 3.63) is 18.3 Å². The average Bonchev–Trinajstić information content (AvgIpc) is 2.27. The number of aromatic nitrogens is 3. The Morgan fingerprint density at radius 3 is 2.19 bits per heavy atom. The molecule has 16 heavy (non-hydrogen) atoms. The fourth-order valence-electron chi connectivity index (χ4n) is 1.48. The minimum atomic E-state index is 0.678. The van der Waals surface area contributed by atoms with Gasteiger partial charge in [-0.05, 0) is 12.1 Å². The molecule has 0 radical (unpaired) electrons. The highest BCUT2D eigenvalue weighted by Crippen LogP contribution is 2.23. The second-order valence-corrected chi connectivity index (χ2v) is 4.01. The number of nitrogens with zero attached hydrogens (tertiary/aromatic N) is 5. The maximum Gasteiger partial charge on any atom is 0.180 e. The summed E-state index contributed by atoms with van der Waals surface area (Å²) in [7, 11) is 7.82. The molecule has 0 N–H and O–H groups in total. The first-order valence-electron chi connectivity index (χ1n) is 5.07. The Kier molecular flexibility index (Phi) is 2.60. The first-order valence-corrected chi connectivity index (χ1v) is 5.07. The van der Waals surface area contributed by atoms with Crippen LogP contribution in [0.4, 0.5) is 11.6 Å². The van der Waals surface area contributed by atoms with Gasteiger partial charge in [-0.1, -0.05) is 0 Å². The van der Waals surface area contributed by atoms with Crippen molar-refractivity contribution in [1.29, 1.82) is 0 Å². The standard InChI is InChI=1S/C11H15N5/c1-15(2)10-11(16(3)4)14-9-8(13-10)6-5-7-12-9/h5-7H,1-4H3. The van der Waals surface area contributed by atoms with Crippen molar-refractivity contribution in [2.75, 3.05) is 38.0 Å². The van der Waals surface area contributed by atoms with E-state index in [2.05, 4.69) is 15.0 Å². The molecule has 5 nitrogen and oxygen atoms in total. The molecule has 0 saturated carbocycles. The molecule has 0 amide bonds. The highest BCUT2D eigenvalue weighted by Gasteiger charge is 2.12. The zero-order chi connectivity index (χ0) is 11.7. The topological polar surface area (TPSA) is 45.2 Å². The predicted octanol–water partition coefficient (Wildman–Crippen LogP) is 1.16. The molecule has 0 spiro atoms. The molecule has 0 aliphatic rings. The van der Waals surface area contributed by atoms with Crippen LogP contribution < -0.4 is 9.80 Å². The van der Waals surface area contributed by atoms with Crippen LogP contribution in [0.25, 0.3) is 11.2 Å². The van der Waals surface area contributed by atoms with Gasteiger partial charge in [0.05, 0.1) is 0 Å². The molecule has 0 saturated heterocycles. The van der Waals surface area contributed by atoms with E-state index < -0.39 is 0 Å². The van der Waals surface area contributed by atoms with E-state index >= 15 is 0 Å². The van der Waals surface area contributed by atoms with E-state index in [0.717, 1.165) is 17.2 Å². The SMILES string of the molecule is CN(C)c1nc2cccnc2nc1N(C)C. The number of rotatable bonds is 2. The number of fused-ring (bicyclic) bond motifs is 1. The van der Waals surface area contributed by atoms with Gasteiger partial charge >= 0.3 is 0 Å². The van der Waals surface area contributed by atoms with Gasteiger partial charge in [-0.25, -0.2) is 15.0 Å². The van der Waals surface area contributed by atoms with Crippen LogP contribution in [0.3, 0.4) is 0 Å². The van der Waals surface area contributed by atoms with Crippen molar-refractivity contribution < 1.29 is 0 Å². The highest BCUT2D eigenvalue weighted by molar-refractivity contribution is 5.77. The maximum absolute atomic E-state index is 4.56. The maximum atomic E-state index is 4.56. The van der Waals surface area contributed by atoms with Gasteiger partial charge in [0.2, 0.25) is 0 Å². The molecule has 0 aliphatic carbocycles. The molecule has 2 aromatic heterocycles. The summed E-state index contributed by atoms with van der Waals surface area (Å²) in [6, 6.07) is 3.79. The van der Waals surface area contributed by atoms with Gasteiger partial charge in [0.15, 0.2) is 17.3 Å². The lowest BCUT2D eigenvalue weighted by Crippen LogP contribution is -2.19. The summed E-state index contributed by atoms with van der Waals surface area (Å²) < 4.78 is 0. The third-order valence-corrected chi connectivity index (χ3v) is 2.25. The number of anilines is 2. The molecule has 0 aliphatic heterocycles. The Bertz CT molecular complexity index is 460. The van der Waals surface area contributed by atoms with E-state index in [-0.39, 0.29) is 0 Å². The molecule has 0 aromatic carbocycles. The smallest absolute Gasteiger partial charge is 0.180 e. The first kappa shape index (κ1) is 10.6. The summed E-state index contributed by atoms with van der Waals surface area (Å²) >= 11 is 0. The van der Waals surface area contributed by atoms with Gasteiger partial charge in [0.25, 0.3) is 0 Å². The van der Waals surface area contributed by atoms with Crippen molar-refractivity contribution in [1.82, 2.24) is 15.0 Å². The molecule has 2 heterocycles. The summed E-state index contributed by atoms with van der Waals surface area (Å²) in [4.78, 5) is 17.2. The minimum Gasteiger partial charge on any atom is -0.360 e. The summed E-state index contributed by atoms with van der Waals surface area (Å²) in [6.07, 6.45) is 1.73. The summed E-state index contributed by atoms with van der Waals surface area (Å²) in [5.41, 5.74) is 1.49. The van der Waals surface area contributed by atoms with E-state index in [9.17, 15) is 0 Å².